The van der Waals surface area contributed by atoms with Gasteiger partial charge in [0.25, 0.3) is 0 Å². The van der Waals surface area contributed by atoms with E-state index < -0.39 is 10.0 Å². The molecule has 5 heteroatoms. The zero-order valence-corrected chi connectivity index (χ0v) is 11.3. The fourth-order valence-corrected chi connectivity index (χ4v) is 3.53. The molecule has 0 bridgehead atoms. The maximum absolute atomic E-state index is 11.8. The standard InChI is InChI=1S/C11H24N2O2S/c1-4-12-7-8-16(14,15)13-11-6-5-9(2)10(11)3/h9-13H,4-8H2,1-3H3. The van der Waals surface area contributed by atoms with E-state index in [1.807, 2.05) is 6.92 Å². The Morgan fingerprint density at radius 3 is 2.44 bits per heavy atom. The average Bonchev–Trinajstić information content (AvgIpc) is 2.49. The van der Waals surface area contributed by atoms with Gasteiger partial charge in [-0.25, -0.2) is 13.1 Å². The third-order valence-electron chi connectivity index (χ3n) is 3.59. The van der Waals surface area contributed by atoms with Crippen molar-refractivity contribution in [3.8, 4) is 0 Å². The highest BCUT2D eigenvalue weighted by Gasteiger charge is 2.32. The Hall–Kier alpha value is -0.130. The molecule has 4 nitrogen and oxygen atoms in total. The van der Waals surface area contributed by atoms with Gasteiger partial charge in [-0.2, -0.15) is 0 Å². The van der Waals surface area contributed by atoms with Gasteiger partial charge in [0, 0.05) is 12.6 Å². The number of sulfonamides is 1. The molecule has 0 radical (unpaired) electrons. The molecule has 0 aromatic carbocycles. The lowest BCUT2D eigenvalue weighted by molar-refractivity contribution is 0.402. The third-order valence-corrected chi connectivity index (χ3v) is 5.00. The summed E-state index contributed by atoms with van der Waals surface area (Å²) in [5, 5.41) is 3.03. The molecular weight excluding hydrogens is 224 g/mol. The van der Waals surface area contributed by atoms with Crippen LogP contribution >= 0.6 is 0 Å². The molecular formula is C11H24N2O2S. The molecule has 0 saturated heterocycles. The van der Waals surface area contributed by atoms with Gasteiger partial charge in [0.1, 0.15) is 0 Å². The molecule has 1 aliphatic carbocycles. The summed E-state index contributed by atoms with van der Waals surface area (Å²) >= 11 is 0. The van der Waals surface area contributed by atoms with Crippen molar-refractivity contribution in [2.24, 2.45) is 11.8 Å². The van der Waals surface area contributed by atoms with Crippen LogP contribution in [-0.2, 0) is 10.0 Å². The van der Waals surface area contributed by atoms with Crippen LogP contribution in [-0.4, -0.2) is 33.3 Å². The molecule has 2 N–H and O–H groups in total. The normalized spacial score (nSPS) is 30.8. The van der Waals surface area contributed by atoms with Crippen LogP contribution in [0.3, 0.4) is 0 Å². The largest absolute Gasteiger partial charge is 0.316 e. The Morgan fingerprint density at radius 2 is 1.94 bits per heavy atom. The lowest BCUT2D eigenvalue weighted by atomic mass is 9.98. The zero-order valence-electron chi connectivity index (χ0n) is 10.5. The molecule has 1 rings (SSSR count). The first kappa shape index (κ1) is 13.9. The molecule has 0 aliphatic heterocycles. The summed E-state index contributed by atoms with van der Waals surface area (Å²) in [6.45, 7) is 7.64. The Bertz CT molecular complexity index is 303. The van der Waals surface area contributed by atoms with Crippen LogP contribution in [0.5, 0.6) is 0 Å². The van der Waals surface area contributed by atoms with E-state index in [1.165, 1.54) is 0 Å². The maximum Gasteiger partial charge on any atom is 0.213 e. The summed E-state index contributed by atoms with van der Waals surface area (Å²) < 4.78 is 26.4. The molecule has 0 amide bonds. The lowest BCUT2D eigenvalue weighted by Gasteiger charge is -2.19. The van der Waals surface area contributed by atoms with Gasteiger partial charge in [0.15, 0.2) is 0 Å². The highest BCUT2D eigenvalue weighted by Crippen LogP contribution is 2.31. The van der Waals surface area contributed by atoms with Crippen LogP contribution < -0.4 is 10.0 Å². The first-order chi connectivity index (χ1) is 7.46. The van der Waals surface area contributed by atoms with E-state index in [1.54, 1.807) is 0 Å². The van der Waals surface area contributed by atoms with E-state index in [2.05, 4.69) is 23.9 Å². The number of rotatable bonds is 6. The van der Waals surface area contributed by atoms with Crippen LogP contribution in [0.4, 0.5) is 0 Å². The number of hydrogen-bond acceptors (Lipinski definition) is 3. The van der Waals surface area contributed by atoms with Crippen molar-refractivity contribution < 1.29 is 8.42 Å². The van der Waals surface area contributed by atoms with E-state index in [4.69, 9.17) is 0 Å². The van der Waals surface area contributed by atoms with Gasteiger partial charge < -0.3 is 5.32 Å². The van der Waals surface area contributed by atoms with Crippen molar-refractivity contribution in [3.05, 3.63) is 0 Å². The SMILES string of the molecule is CCNCCS(=O)(=O)NC1CCC(C)C1C. The van der Waals surface area contributed by atoms with E-state index in [-0.39, 0.29) is 11.8 Å². The molecule has 0 heterocycles. The van der Waals surface area contributed by atoms with E-state index in [0.717, 1.165) is 19.4 Å². The van der Waals surface area contributed by atoms with Crippen molar-refractivity contribution in [3.63, 3.8) is 0 Å². The summed E-state index contributed by atoms with van der Waals surface area (Å²) in [5.74, 6) is 1.26. The molecule has 1 saturated carbocycles. The average molecular weight is 248 g/mol. The Kier molecular flexibility index (Phi) is 5.21. The van der Waals surface area contributed by atoms with Crippen molar-refractivity contribution in [1.29, 1.82) is 0 Å². The lowest BCUT2D eigenvalue weighted by Crippen LogP contribution is -2.40. The number of nitrogens with one attached hydrogen (secondary N) is 2. The number of hydrogen-bond donors (Lipinski definition) is 2. The molecule has 3 atom stereocenters. The Morgan fingerprint density at radius 1 is 1.25 bits per heavy atom. The van der Waals surface area contributed by atoms with Gasteiger partial charge in [-0.05, 0) is 31.2 Å². The fourth-order valence-electron chi connectivity index (χ4n) is 2.20. The fraction of sp³-hybridized carbons (Fsp3) is 1.00. The van der Waals surface area contributed by atoms with Crippen LogP contribution in [0, 0.1) is 11.8 Å². The zero-order chi connectivity index (χ0) is 12.2. The smallest absolute Gasteiger partial charge is 0.213 e. The van der Waals surface area contributed by atoms with Gasteiger partial charge in [-0.15, -0.1) is 0 Å². The van der Waals surface area contributed by atoms with Crippen LogP contribution in [0.2, 0.25) is 0 Å². The van der Waals surface area contributed by atoms with Gasteiger partial charge in [0.2, 0.25) is 10.0 Å². The third kappa shape index (κ3) is 4.03. The Labute approximate surface area is 99.2 Å². The first-order valence-electron chi connectivity index (χ1n) is 6.17. The summed E-state index contributed by atoms with van der Waals surface area (Å²) in [6.07, 6.45) is 2.10. The van der Waals surface area contributed by atoms with Gasteiger partial charge in [-0.1, -0.05) is 20.8 Å². The van der Waals surface area contributed by atoms with Gasteiger partial charge in [0.05, 0.1) is 5.75 Å². The van der Waals surface area contributed by atoms with E-state index in [9.17, 15) is 8.42 Å². The molecule has 0 aromatic rings. The van der Waals surface area contributed by atoms with Gasteiger partial charge in [-0.3, -0.25) is 0 Å². The summed E-state index contributed by atoms with van der Waals surface area (Å²) in [7, 11) is -3.11. The van der Waals surface area contributed by atoms with Crippen molar-refractivity contribution in [2.75, 3.05) is 18.8 Å². The molecule has 96 valence electrons. The van der Waals surface area contributed by atoms with Crippen molar-refractivity contribution >= 4 is 10.0 Å². The molecule has 0 aromatic heterocycles. The molecule has 1 aliphatic rings. The van der Waals surface area contributed by atoms with Crippen LogP contribution in [0.1, 0.15) is 33.6 Å². The molecule has 16 heavy (non-hydrogen) atoms. The maximum atomic E-state index is 11.8. The van der Waals surface area contributed by atoms with E-state index in [0.29, 0.717) is 18.4 Å². The topological polar surface area (TPSA) is 58.2 Å². The minimum atomic E-state index is -3.11. The van der Waals surface area contributed by atoms with Crippen molar-refractivity contribution in [2.45, 2.75) is 39.7 Å². The predicted octanol–water partition coefficient (Wildman–Crippen LogP) is 0.950. The van der Waals surface area contributed by atoms with Crippen LogP contribution in [0.15, 0.2) is 0 Å². The minimum Gasteiger partial charge on any atom is -0.316 e. The highest BCUT2D eigenvalue weighted by atomic mass is 32.2. The second kappa shape index (κ2) is 5.98. The Balaban J connectivity index is 2.41. The van der Waals surface area contributed by atoms with Crippen molar-refractivity contribution in [1.82, 2.24) is 10.0 Å². The van der Waals surface area contributed by atoms with E-state index >= 15 is 0 Å². The van der Waals surface area contributed by atoms with Crippen LogP contribution in [0.25, 0.3) is 0 Å². The molecule has 3 unspecified atom stereocenters. The second-order valence-corrected chi connectivity index (χ2v) is 6.68. The second-order valence-electron chi connectivity index (χ2n) is 4.81. The summed E-state index contributed by atoms with van der Waals surface area (Å²) in [5.41, 5.74) is 0. The monoisotopic (exact) mass is 248 g/mol. The highest BCUT2D eigenvalue weighted by molar-refractivity contribution is 7.89. The quantitative estimate of drug-likeness (QED) is 0.688. The summed E-state index contributed by atoms with van der Waals surface area (Å²) in [4.78, 5) is 0. The molecule has 0 spiro atoms. The first-order valence-corrected chi connectivity index (χ1v) is 7.82. The molecule has 1 fully saturated rings. The minimum absolute atomic E-state index is 0.140. The predicted molar refractivity (Wildman–Crippen MR) is 66.8 cm³/mol. The summed E-state index contributed by atoms with van der Waals surface area (Å²) in [6, 6.07) is 0.140. The van der Waals surface area contributed by atoms with Gasteiger partial charge >= 0.3 is 0 Å².